The first-order valence-electron chi connectivity index (χ1n) is 5.69. The number of quaternary nitrogens is 1. The minimum absolute atomic E-state index is 0.227. The van der Waals surface area contributed by atoms with Gasteiger partial charge in [-0.1, -0.05) is 19.8 Å². The largest absolute Gasteiger partial charge is 0.472 e. The molecule has 5 nitrogen and oxygen atoms in total. The minimum atomic E-state index is -3.83. The second-order valence-corrected chi connectivity index (χ2v) is 6.31. The number of likely N-dealkylation sites (N-methyl/N-ethyl adjacent to an activating group) is 1. The molecule has 98 valence electrons. The van der Waals surface area contributed by atoms with Crippen molar-refractivity contribution in [1.29, 1.82) is 0 Å². The standard InChI is InChI=1S/C10H24NO4P/c1-5-6-7-9-14-16(12,13)15-10-8-11(2,3)4/h5-10H2,1-4H3/p+1. The average Bonchev–Trinajstić information content (AvgIpc) is 2.10. The third kappa shape index (κ3) is 10.6. The highest BCUT2D eigenvalue weighted by Gasteiger charge is 2.21. The van der Waals surface area contributed by atoms with E-state index in [-0.39, 0.29) is 13.2 Å². The predicted molar refractivity (Wildman–Crippen MR) is 64.2 cm³/mol. The lowest BCUT2D eigenvalue weighted by molar-refractivity contribution is -0.870. The van der Waals surface area contributed by atoms with Crippen molar-refractivity contribution in [3.8, 4) is 0 Å². The summed E-state index contributed by atoms with van der Waals surface area (Å²) in [5, 5.41) is 0. The van der Waals surface area contributed by atoms with Crippen molar-refractivity contribution in [3.05, 3.63) is 0 Å². The van der Waals surface area contributed by atoms with Crippen molar-refractivity contribution in [3.63, 3.8) is 0 Å². The van der Waals surface area contributed by atoms with Crippen LogP contribution in [0.15, 0.2) is 0 Å². The molecule has 0 aromatic rings. The maximum Gasteiger partial charge on any atom is 0.472 e. The van der Waals surface area contributed by atoms with Crippen LogP contribution in [0.25, 0.3) is 0 Å². The predicted octanol–water partition coefficient (Wildman–Crippen LogP) is 2.02. The fourth-order valence-corrected chi connectivity index (χ4v) is 1.75. The number of rotatable bonds is 9. The molecular weight excluding hydrogens is 229 g/mol. The van der Waals surface area contributed by atoms with E-state index in [4.69, 9.17) is 9.05 Å². The van der Waals surface area contributed by atoms with Crippen LogP contribution in [0, 0.1) is 0 Å². The number of hydrogen-bond acceptors (Lipinski definition) is 3. The summed E-state index contributed by atoms with van der Waals surface area (Å²) in [5.74, 6) is 0. The summed E-state index contributed by atoms with van der Waals surface area (Å²) in [4.78, 5) is 9.31. The zero-order valence-electron chi connectivity index (χ0n) is 10.8. The van der Waals surface area contributed by atoms with Crippen LogP contribution < -0.4 is 0 Å². The molecular formula is C10H25NO4P+. The first-order valence-corrected chi connectivity index (χ1v) is 7.19. The Morgan fingerprint density at radius 2 is 1.69 bits per heavy atom. The van der Waals surface area contributed by atoms with Crippen LogP contribution in [0.3, 0.4) is 0 Å². The minimum Gasteiger partial charge on any atom is -0.329 e. The van der Waals surface area contributed by atoms with Gasteiger partial charge in [0, 0.05) is 0 Å². The molecule has 1 N–H and O–H groups in total. The quantitative estimate of drug-likeness (QED) is 0.388. The molecule has 0 saturated heterocycles. The molecule has 1 unspecified atom stereocenters. The molecule has 1 atom stereocenters. The van der Waals surface area contributed by atoms with Gasteiger partial charge >= 0.3 is 7.82 Å². The zero-order chi connectivity index (χ0) is 12.7. The Labute approximate surface area is 98.6 Å². The molecule has 0 aromatic carbocycles. The van der Waals surface area contributed by atoms with Crippen LogP contribution in [0.2, 0.25) is 0 Å². The zero-order valence-corrected chi connectivity index (χ0v) is 11.7. The van der Waals surface area contributed by atoms with Gasteiger partial charge in [-0.2, -0.15) is 0 Å². The van der Waals surface area contributed by atoms with E-state index in [1.165, 1.54) is 0 Å². The second-order valence-electron chi connectivity index (χ2n) is 4.86. The lowest BCUT2D eigenvalue weighted by atomic mass is 10.3. The van der Waals surface area contributed by atoms with Crippen molar-refractivity contribution in [1.82, 2.24) is 0 Å². The van der Waals surface area contributed by atoms with Gasteiger partial charge in [0.1, 0.15) is 13.2 Å². The third-order valence-corrected chi connectivity index (χ3v) is 3.04. The summed E-state index contributed by atoms with van der Waals surface area (Å²) in [7, 11) is 2.15. The van der Waals surface area contributed by atoms with Gasteiger partial charge in [0.25, 0.3) is 0 Å². The topological polar surface area (TPSA) is 55.8 Å². The van der Waals surface area contributed by atoms with Crippen LogP contribution in [-0.4, -0.2) is 50.3 Å². The number of hydrogen-bond donors (Lipinski definition) is 1. The third-order valence-electron chi connectivity index (χ3n) is 2.02. The first kappa shape index (κ1) is 16.1. The average molecular weight is 254 g/mol. The van der Waals surface area contributed by atoms with Gasteiger partial charge in [-0.3, -0.25) is 9.05 Å². The highest BCUT2D eigenvalue weighted by atomic mass is 31.2. The van der Waals surface area contributed by atoms with Crippen molar-refractivity contribution in [2.75, 3.05) is 40.9 Å². The highest BCUT2D eigenvalue weighted by molar-refractivity contribution is 7.47. The Hall–Kier alpha value is 0.0700. The maximum absolute atomic E-state index is 11.4. The molecule has 0 spiro atoms. The summed E-state index contributed by atoms with van der Waals surface area (Å²) < 4.78 is 21.7. The van der Waals surface area contributed by atoms with Crippen LogP contribution >= 0.6 is 7.82 Å². The number of unbranched alkanes of at least 4 members (excludes halogenated alkanes) is 2. The Kier molecular flexibility index (Phi) is 7.44. The van der Waals surface area contributed by atoms with Gasteiger partial charge < -0.3 is 9.38 Å². The summed E-state index contributed by atoms with van der Waals surface area (Å²) in [6.45, 7) is 3.25. The first-order chi connectivity index (χ1) is 7.27. The Balaban J connectivity index is 3.66. The van der Waals surface area contributed by atoms with E-state index in [9.17, 15) is 9.46 Å². The van der Waals surface area contributed by atoms with Crippen LogP contribution in [0.4, 0.5) is 0 Å². The summed E-state index contributed by atoms with van der Waals surface area (Å²) >= 11 is 0. The van der Waals surface area contributed by atoms with Gasteiger partial charge in [0.05, 0.1) is 27.7 Å². The van der Waals surface area contributed by atoms with Crippen LogP contribution in [0.1, 0.15) is 26.2 Å². The van der Waals surface area contributed by atoms with E-state index >= 15 is 0 Å². The van der Waals surface area contributed by atoms with Gasteiger partial charge in [0.2, 0.25) is 0 Å². The Morgan fingerprint density at radius 1 is 1.12 bits per heavy atom. The Bertz CT molecular complexity index is 227. The summed E-state index contributed by atoms with van der Waals surface area (Å²) in [5.41, 5.74) is 0. The van der Waals surface area contributed by atoms with Gasteiger partial charge in [-0.25, -0.2) is 4.57 Å². The van der Waals surface area contributed by atoms with E-state index < -0.39 is 7.82 Å². The number of phosphoric acid groups is 1. The number of phosphoric ester groups is 1. The lowest BCUT2D eigenvalue weighted by Crippen LogP contribution is -2.37. The summed E-state index contributed by atoms with van der Waals surface area (Å²) in [6, 6.07) is 0. The number of nitrogens with zero attached hydrogens (tertiary/aromatic N) is 1. The molecule has 0 aliphatic heterocycles. The van der Waals surface area contributed by atoms with Crippen LogP contribution in [-0.2, 0) is 13.6 Å². The smallest absolute Gasteiger partial charge is 0.329 e. The molecule has 0 amide bonds. The molecule has 0 heterocycles. The van der Waals surface area contributed by atoms with Gasteiger partial charge in [-0.15, -0.1) is 0 Å². The van der Waals surface area contributed by atoms with Crippen molar-refractivity contribution < 1.29 is 23.0 Å². The molecule has 0 bridgehead atoms. The van der Waals surface area contributed by atoms with Gasteiger partial charge in [-0.05, 0) is 6.42 Å². The van der Waals surface area contributed by atoms with E-state index in [2.05, 4.69) is 6.92 Å². The van der Waals surface area contributed by atoms with Crippen molar-refractivity contribution >= 4 is 7.82 Å². The van der Waals surface area contributed by atoms with E-state index in [1.54, 1.807) is 0 Å². The van der Waals surface area contributed by atoms with Gasteiger partial charge in [0.15, 0.2) is 0 Å². The van der Waals surface area contributed by atoms with Crippen molar-refractivity contribution in [2.24, 2.45) is 0 Å². The molecule has 0 fully saturated rings. The summed E-state index contributed by atoms with van der Waals surface area (Å²) in [6.07, 6.45) is 2.85. The van der Waals surface area contributed by atoms with Crippen molar-refractivity contribution in [2.45, 2.75) is 26.2 Å². The lowest BCUT2D eigenvalue weighted by Gasteiger charge is -2.24. The van der Waals surface area contributed by atoms with E-state index in [0.717, 1.165) is 19.3 Å². The molecule has 16 heavy (non-hydrogen) atoms. The molecule has 0 aromatic heterocycles. The normalized spacial score (nSPS) is 16.1. The molecule has 0 saturated carbocycles. The van der Waals surface area contributed by atoms with E-state index in [1.807, 2.05) is 21.1 Å². The molecule has 6 heteroatoms. The molecule has 0 rings (SSSR count). The maximum atomic E-state index is 11.4. The van der Waals surface area contributed by atoms with Crippen LogP contribution in [0.5, 0.6) is 0 Å². The monoisotopic (exact) mass is 254 g/mol. The highest BCUT2D eigenvalue weighted by Crippen LogP contribution is 2.43. The SMILES string of the molecule is CCCCCOP(=O)(O)OCC[N+](C)(C)C. The second kappa shape index (κ2) is 7.41. The Morgan fingerprint density at radius 3 is 2.19 bits per heavy atom. The fraction of sp³-hybridized carbons (Fsp3) is 1.00. The molecule has 0 radical (unpaired) electrons. The molecule has 0 aliphatic carbocycles. The fourth-order valence-electron chi connectivity index (χ4n) is 0.999. The van der Waals surface area contributed by atoms with E-state index in [0.29, 0.717) is 11.0 Å². The molecule has 0 aliphatic rings.